The van der Waals surface area contributed by atoms with E-state index in [9.17, 15) is 9.90 Å². The Labute approximate surface area is 215 Å². The van der Waals surface area contributed by atoms with Crippen LogP contribution in [0.5, 0.6) is 5.75 Å². The lowest BCUT2D eigenvalue weighted by Gasteiger charge is -2.29. The molecule has 0 spiro atoms. The van der Waals surface area contributed by atoms with Gasteiger partial charge in [0.1, 0.15) is 5.69 Å². The standard InChI is InChI=1S/C27H33N7O3/c1-18-23(34-14-8-13-22(25(34)28-18)37-16-19-9-5-4-6-10-19)26(36)29-27(2,17-35)21-12-7-11-20(15-21)24-30-32-33(3)31-24/h7-8,11-15,19,35H,4-6,9-10,16-17H2,1-3H3,(H,29,36)/t27-/m0/s1. The lowest BCUT2D eigenvalue weighted by atomic mass is 9.90. The molecule has 5 rings (SSSR count). The van der Waals surface area contributed by atoms with Gasteiger partial charge in [-0.1, -0.05) is 37.5 Å². The summed E-state index contributed by atoms with van der Waals surface area (Å²) in [5.74, 6) is 1.36. The molecule has 1 aliphatic carbocycles. The van der Waals surface area contributed by atoms with Gasteiger partial charge >= 0.3 is 0 Å². The molecular formula is C27H33N7O3. The summed E-state index contributed by atoms with van der Waals surface area (Å²) in [6.07, 6.45) is 8.02. The number of imidazole rings is 1. The van der Waals surface area contributed by atoms with Crippen LogP contribution in [0.4, 0.5) is 0 Å². The number of fused-ring (bicyclic) bond motifs is 1. The first-order valence-electron chi connectivity index (χ1n) is 12.8. The Kier molecular flexibility index (Phi) is 6.92. The highest BCUT2D eigenvalue weighted by molar-refractivity contribution is 5.95. The van der Waals surface area contributed by atoms with Gasteiger partial charge in [0.05, 0.1) is 31.5 Å². The zero-order valence-electron chi connectivity index (χ0n) is 21.5. The number of rotatable bonds is 8. The number of carbonyl (C=O) groups excluding carboxylic acids is 1. The number of hydrogen-bond acceptors (Lipinski definition) is 7. The highest BCUT2D eigenvalue weighted by Gasteiger charge is 2.31. The zero-order chi connectivity index (χ0) is 26.0. The summed E-state index contributed by atoms with van der Waals surface area (Å²) in [7, 11) is 1.70. The number of hydrogen-bond donors (Lipinski definition) is 2. The lowest BCUT2D eigenvalue weighted by molar-refractivity contribution is 0.0843. The molecule has 10 nitrogen and oxygen atoms in total. The van der Waals surface area contributed by atoms with Crippen LogP contribution in [0, 0.1) is 12.8 Å². The molecule has 0 saturated heterocycles. The van der Waals surface area contributed by atoms with Crippen LogP contribution in [-0.4, -0.2) is 53.8 Å². The summed E-state index contributed by atoms with van der Waals surface area (Å²) in [6, 6.07) is 11.2. The normalized spacial score (nSPS) is 16.0. The molecule has 0 aliphatic heterocycles. The quantitative estimate of drug-likeness (QED) is 0.378. The van der Waals surface area contributed by atoms with Gasteiger partial charge in [0, 0.05) is 11.8 Å². The van der Waals surface area contributed by atoms with Crippen LogP contribution in [0.25, 0.3) is 17.0 Å². The second-order valence-corrected chi connectivity index (χ2v) is 10.1. The molecule has 37 heavy (non-hydrogen) atoms. The maximum absolute atomic E-state index is 13.6. The molecule has 1 aromatic carbocycles. The number of aryl methyl sites for hydroxylation is 2. The third-order valence-electron chi connectivity index (χ3n) is 7.17. The van der Waals surface area contributed by atoms with Gasteiger partial charge in [0.25, 0.3) is 5.91 Å². The van der Waals surface area contributed by atoms with Crippen LogP contribution >= 0.6 is 0 Å². The Bertz CT molecular complexity index is 1410. The van der Waals surface area contributed by atoms with Crippen molar-refractivity contribution in [1.29, 1.82) is 0 Å². The molecule has 1 saturated carbocycles. The molecular weight excluding hydrogens is 470 g/mol. The number of amides is 1. The first-order valence-corrected chi connectivity index (χ1v) is 12.8. The van der Waals surface area contributed by atoms with Gasteiger partial charge in [0.15, 0.2) is 11.4 Å². The summed E-state index contributed by atoms with van der Waals surface area (Å²) < 4.78 is 7.94. The Morgan fingerprint density at radius 1 is 1.22 bits per heavy atom. The molecule has 4 aromatic rings. The van der Waals surface area contributed by atoms with Crippen molar-refractivity contribution in [1.82, 2.24) is 34.9 Å². The second-order valence-electron chi connectivity index (χ2n) is 10.1. The van der Waals surface area contributed by atoms with Crippen molar-refractivity contribution in [3.8, 4) is 17.1 Å². The number of aromatic nitrogens is 6. The monoisotopic (exact) mass is 503 g/mol. The third kappa shape index (κ3) is 5.06. The highest BCUT2D eigenvalue weighted by Crippen LogP contribution is 2.29. The summed E-state index contributed by atoms with van der Waals surface area (Å²) in [4.78, 5) is 19.7. The number of aliphatic hydroxyl groups is 1. The Hall–Kier alpha value is -3.79. The predicted molar refractivity (Wildman–Crippen MR) is 138 cm³/mol. The Morgan fingerprint density at radius 2 is 2.03 bits per heavy atom. The van der Waals surface area contributed by atoms with Gasteiger partial charge in [-0.25, -0.2) is 4.98 Å². The number of ether oxygens (including phenoxy) is 1. The van der Waals surface area contributed by atoms with Crippen molar-refractivity contribution < 1.29 is 14.6 Å². The summed E-state index contributed by atoms with van der Waals surface area (Å²) in [6.45, 7) is 3.95. The fraction of sp³-hybridized carbons (Fsp3) is 0.444. The van der Waals surface area contributed by atoms with Crippen LogP contribution in [0.3, 0.4) is 0 Å². The van der Waals surface area contributed by atoms with Crippen LogP contribution in [0.15, 0.2) is 42.6 Å². The second kappa shape index (κ2) is 10.3. The van der Waals surface area contributed by atoms with E-state index in [-0.39, 0.29) is 12.5 Å². The molecule has 1 fully saturated rings. The fourth-order valence-electron chi connectivity index (χ4n) is 5.02. The number of tetrazole rings is 1. The average molecular weight is 504 g/mol. The number of nitrogens with zero attached hydrogens (tertiary/aromatic N) is 6. The Balaban J connectivity index is 1.40. The van der Waals surface area contributed by atoms with Crippen molar-refractivity contribution in [2.45, 2.75) is 51.5 Å². The highest BCUT2D eigenvalue weighted by atomic mass is 16.5. The van der Waals surface area contributed by atoms with Crippen molar-refractivity contribution >= 4 is 11.6 Å². The van der Waals surface area contributed by atoms with Gasteiger partial charge in [-0.15, -0.1) is 10.2 Å². The minimum atomic E-state index is -1.05. The molecule has 3 heterocycles. The smallest absolute Gasteiger partial charge is 0.270 e. The van der Waals surface area contributed by atoms with Gasteiger partial charge in [0.2, 0.25) is 5.82 Å². The fourth-order valence-corrected chi connectivity index (χ4v) is 5.02. The lowest BCUT2D eigenvalue weighted by Crippen LogP contribution is -2.46. The molecule has 0 bridgehead atoms. The van der Waals surface area contributed by atoms with Gasteiger partial charge < -0.3 is 15.2 Å². The number of carbonyl (C=O) groups is 1. The van der Waals surface area contributed by atoms with Crippen LogP contribution in [-0.2, 0) is 12.6 Å². The zero-order valence-corrected chi connectivity index (χ0v) is 21.5. The molecule has 0 radical (unpaired) electrons. The molecule has 194 valence electrons. The molecule has 2 N–H and O–H groups in total. The van der Waals surface area contributed by atoms with E-state index >= 15 is 0 Å². The maximum Gasteiger partial charge on any atom is 0.270 e. The molecule has 1 amide bonds. The van der Waals surface area contributed by atoms with Gasteiger partial charge in [-0.3, -0.25) is 9.20 Å². The van der Waals surface area contributed by atoms with E-state index in [1.54, 1.807) is 18.4 Å². The van der Waals surface area contributed by atoms with E-state index in [0.717, 1.165) is 11.1 Å². The number of benzene rings is 1. The number of pyridine rings is 1. The minimum absolute atomic E-state index is 0.304. The van der Waals surface area contributed by atoms with Crippen molar-refractivity contribution in [3.05, 3.63) is 59.5 Å². The first-order chi connectivity index (χ1) is 17.9. The Morgan fingerprint density at radius 3 is 2.76 bits per heavy atom. The molecule has 10 heteroatoms. The largest absolute Gasteiger partial charge is 0.489 e. The summed E-state index contributed by atoms with van der Waals surface area (Å²) >= 11 is 0. The van der Waals surface area contributed by atoms with Crippen molar-refractivity contribution in [2.75, 3.05) is 13.2 Å². The topological polar surface area (TPSA) is 119 Å². The minimum Gasteiger partial charge on any atom is -0.489 e. The van der Waals surface area contributed by atoms with E-state index in [0.29, 0.717) is 41.1 Å². The third-order valence-corrected chi connectivity index (χ3v) is 7.17. The average Bonchev–Trinajstić information content (AvgIpc) is 3.50. The first kappa shape index (κ1) is 24.9. The molecule has 1 aliphatic rings. The van der Waals surface area contributed by atoms with Crippen LogP contribution in [0.1, 0.15) is 60.8 Å². The van der Waals surface area contributed by atoms with E-state index in [4.69, 9.17) is 4.74 Å². The van der Waals surface area contributed by atoms with E-state index in [1.165, 1.54) is 36.9 Å². The summed E-state index contributed by atoms with van der Waals surface area (Å²) in [5.41, 5.74) is 2.01. The number of aliphatic hydroxyl groups excluding tert-OH is 1. The van der Waals surface area contributed by atoms with Gasteiger partial charge in [-0.2, -0.15) is 4.80 Å². The molecule has 3 aromatic heterocycles. The number of nitrogens with one attached hydrogen (secondary N) is 1. The van der Waals surface area contributed by atoms with Crippen LogP contribution in [0.2, 0.25) is 0 Å². The predicted octanol–water partition coefficient (Wildman–Crippen LogP) is 3.43. The maximum atomic E-state index is 13.6. The van der Waals surface area contributed by atoms with Crippen molar-refractivity contribution in [2.24, 2.45) is 13.0 Å². The SMILES string of the molecule is Cc1nc2c(OCC3CCCCC3)cccn2c1C(=O)N[C@@](C)(CO)c1cccc(-c2nnn(C)n2)c1. The van der Waals surface area contributed by atoms with E-state index in [1.807, 2.05) is 49.5 Å². The van der Waals surface area contributed by atoms with Crippen LogP contribution < -0.4 is 10.1 Å². The summed E-state index contributed by atoms with van der Waals surface area (Å²) in [5, 5.41) is 25.6. The molecule has 1 atom stereocenters. The molecule has 0 unspecified atom stereocenters. The van der Waals surface area contributed by atoms with Gasteiger partial charge in [-0.05, 0) is 61.6 Å². The van der Waals surface area contributed by atoms with E-state index < -0.39 is 5.54 Å². The van der Waals surface area contributed by atoms with Crippen molar-refractivity contribution in [3.63, 3.8) is 0 Å². The van der Waals surface area contributed by atoms with E-state index in [2.05, 4.69) is 25.7 Å².